The Labute approximate surface area is 156 Å². The number of halogens is 1. The lowest BCUT2D eigenvalue weighted by Gasteiger charge is -2.26. The average Bonchev–Trinajstić information content (AvgIpc) is 2.59. The molecule has 0 N–H and O–H groups in total. The van der Waals surface area contributed by atoms with Crippen LogP contribution in [-0.4, -0.2) is 37.5 Å². The maximum atomic E-state index is 12.7. The number of benzene rings is 2. The molecular weight excluding hydrogens is 380 g/mol. The van der Waals surface area contributed by atoms with Gasteiger partial charge in [0.1, 0.15) is 0 Å². The summed E-state index contributed by atoms with van der Waals surface area (Å²) >= 11 is 6.02. The third-order valence-electron chi connectivity index (χ3n) is 4.09. The van der Waals surface area contributed by atoms with Crippen molar-refractivity contribution in [3.8, 4) is 0 Å². The molecule has 0 fully saturated rings. The quantitative estimate of drug-likeness (QED) is 0.569. The van der Waals surface area contributed by atoms with E-state index in [4.69, 9.17) is 11.6 Å². The van der Waals surface area contributed by atoms with Crippen molar-refractivity contribution in [1.82, 2.24) is 4.90 Å². The van der Waals surface area contributed by atoms with Gasteiger partial charge in [-0.25, -0.2) is 8.42 Å². The van der Waals surface area contributed by atoms with Crippen LogP contribution in [0.2, 0.25) is 5.02 Å². The Morgan fingerprint density at radius 3 is 2.23 bits per heavy atom. The summed E-state index contributed by atoms with van der Waals surface area (Å²) in [7, 11) is -1.72. The molecule has 1 atom stereocenters. The predicted molar refractivity (Wildman–Crippen MR) is 98.2 cm³/mol. The van der Waals surface area contributed by atoms with Crippen molar-refractivity contribution in [2.75, 3.05) is 13.3 Å². The highest BCUT2D eigenvalue weighted by Gasteiger charge is 2.22. The average molecular weight is 397 g/mol. The molecule has 0 aliphatic carbocycles. The van der Waals surface area contributed by atoms with Crippen molar-refractivity contribution in [3.63, 3.8) is 0 Å². The molecule has 0 aliphatic rings. The van der Waals surface area contributed by atoms with Crippen LogP contribution in [-0.2, 0) is 9.84 Å². The number of sulfone groups is 1. The van der Waals surface area contributed by atoms with E-state index < -0.39 is 20.7 Å². The first-order valence-electron chi connectivity index (χ1n) is 7.53. The zero-order valence-corrected chi connectivity index (χ0v) is 15.9. The van der Waals surface area contributed by atoms with Crippen molar-refractivity contribution in [2.24, 2.45) is 0 Å². The standard InChI is InChI=1S/C17H17ClN2O5S/c1-11(12-4-7-14(8-5-12)26(3,24)25)19(2)17(21)15-9-6-13(20(22)23)10-16(15)18/h4-11H,1-3H3. The summed E-state index contributed by atoms with van der Waals surface area (Å²) in [5.74, 6) is -0.399. The van der Waals surface area contributed by atoms with Crippen LogP contribution in [0, 0.1) is 10.1 Å². The van der Waals surface area contributed by atoms with Gasteiger partial charge in [0.05, 0.1) is 26.4 Å². The van der Waals surface area contributed by atoms with Crippen LogP contribution in [0.15, 0.2) is 47.4 Å². The van der Waals surface area contributed by atoms with Gasteiger partial charge in [-0.1, -0.05) is 23.7 Å². The lowest BCUT2D eigenvalue weighted by atomic mass is 10.1. The van der Waals surface area contributed by atoms with Gasteiger partial charge in [0.15, 0.2) is 9.84 Å². The smallest absolute Gasteiger partial charge is 0.270 e. The van der Waals surface area contributed by atoms with Crippen LogP contribution in [0.1, 0.15) is 28.9 Å². The number of nitro benzene ring substituents is 1. The minimum Gasteiger partial charge on any atom is -0.335 e. The molecular formula is C17H17ClN2O5S. The molecule has 26 heavy (non-hydrogen) atoms. The number of carbonyl (C=O) groups excluding carboxylic acids is 1. The molecule has 1 amide bonds. The maximum absolute atomic E-state index is 12.7. The van der Waals surface area contributed by atoms with E-state index in [2.05, 4.69) is 0 Å². The van der Waals surface area contributed by atoms with Crippen LogP contribution in [0.4, 0.5) is 5.69 Å². The highest BCUT2D eigenvalue weighted by molar-refractivity contribution is 7.90. The number of hydrogen-bond acceptors (Lipinski definition) is 5. The maximum Gasteiger partial charge on any atom is 0.270 e. The van der Waals surface area contributed by atoms with E-state index in [9.17, 15) is 23.3 Å². The molecule has 138 valence electrons. The van der Waals surface area contributed by atoms with Crippen molar-refractivity contribution >= 4 is 33.0 Å². The highest BCUT2D eigenvalue weighted by Crippen LogP contribution is 2.27. The Bertz CT molecular complexity index is 958. The van der Waals surface area contributed by atoms with Gasteiger partial charge < -0.3 is 4.90 Å². The van der Waals surface area contributed by atoms with Gasteiger partial charge in [0.2, 0.25) is 0 Å². The van der Waals surface area contributed by atoms with E-state index in [1.165, 1.54) is 29.2 Å². The molecule has 2 aromatic rings. The Morgan fingerprint density at radius 1 is 1.19 bits per heavy atom. The molecule has 0 aliphatic heterocycles. The molecule has 9 heteroatoms. The first kappa shape index (κ1) is 19.9. The van der Waals surface area contributed by atoms with E-state index in [0.29, 0.717) is 0 Å². The fourth-order valence-electron chi connectivity index (χ4n) is 2.37. The first-order chi connectivity index (χ1) is 12.0. The number of non-ortho nitro benzene ring substituents is 1. The molecule has 0 radical (unpaired) electrons. The zero-order chi connectivity index (χ0) is 19.6. The minimum atomic E-state index is -3.29. The molecule has 7 nitrogen and oxygen atoms in total. The van der Waals surface area contributed by atoms with Crippen molar-refractivity contribution in [1.29, 1.82) is 0 Å². The second-order valence-electron chi connectivity index (χ2n) is 5.85. The SMILES string of the molecule is CC(c1ccc(S(C)(=O)=O)cc1)N(C)C(=O)c1ccc([N+](=O)[O-])cc1Cl. The number of nitro groups is 1. The van der Waals surface area contributed by atoms with Crippen molar-refractivity contribution in [3.05, 3.63) is 68.7 Å². The Balaban J connectivity index is 2.26. The summed E-state index contributed by atoms with van der Waals surface area (Å²) < 4.78 is 23.1. The molecule has 0 saturated carbocycles. The van der Waals surface area contributed by atoms with Crippen LogP contribution in [0.25, 0.3) is 0 Å². The Morgan fingerprint density at radius 2 is 1.77 bits per heavy atom. The lowest BCUT2D eigenvalue weighted by Crippen LogP contribution is -2.29. The second kappa shape index (κ2) is 7.43. The Kier molecular flexibility index (Phi) is 5.68. The van der Waals surface area contributed by atoms with E-state index in [1.807, 2.05) is 0 Å². The van der Waals surface area contributed by atoms with Gasteiger partial charge in [-0.05, 0) is 30.7 Å². The molecule has 2 rings (SSSR count). The molecule has 1 unspecified atom stereocenters. The van der Waals surface area contributed by atoms with E-state index in [0.717, 1.165) is 17.9 Å². The third kappa shape index (κ3) is 4.20. The fourth-order valence-corrected chi connectivity index (χ4v) is 3.26. The van der Waals surface area contributed by atoms with E-state index in [-0.39, 0.29) is 27.2 Å². The monoisotopic (exact) mass is 396 g/mol. The molecule has 2 aromatic carbocycles. The molecule has 0 saturated heterocycles. The van der Waals surface area contributed by atoms with Crippen molar-refractivity contribution < 1.29 is 18.1 Å². The molecule has 0 aromatic heterocycles. The molecule has 0 spiro atoms. The number of rotatable bonds is 5. The van der Waals surface area contributed by atoms with Crippen LogP contribution < -0.4 is 0 Å². The Hall–Kier alpha value is -2.45. The number of nitrogens with zero attached hydrogens (tertiary/aromatic N) is 2. The summed E-state index contributed by atoms with van der Waals surface area (Å²) in [6.07, 6.45) is 1.12. The van der Waals surface area contributed by atoms with Gasteiger partial charge in [-0.3, -0.25) is 14.9 Å². The van der Waals surface area contributed by atoms with Crippen LogP contribution in [0.3, 0.4) is 0 Å². The largest absolute Gasteiger partial charge is 0.335 e. The van der Waals surface area contributed by atoms with Crippen LogP contribution >= 0.6 is 11.6 Å². The topological polar surface area (TPSA) is 97.6 Å². The van der Waals surface area contributed by atoms with E-state index in [1.54, 1.807) is 26.1 Å². The molecule has 0 bridgehead atoms. The fraction of sp³-hybridized carbons (Fsp3) is 0.235. The number of amides is 1. The number of carbonyl (C=O) groups is 1. The lowest BCUT2D eigenvalue weighted by molar-refractivity contribution is -0.384. The highest BCUT2D eigenvalue weighted by atomic mass is 35.5. The van der Waals surface area contributed by atoms with Gasteiger partial charge in [0.25, 0.3) is 11.6 Å². The van der Waals surface area contributed by atoms with Crippen molar-refractivity contribution in [2.45, 2.75) is 17.9 Å². The van der Waals surface area contributed by atoms with Gasteiger partial charge in [0, 0.05) is 25.4 Å². The normalized spacial score (nSPS) is 12.5. The van der Waals surface area contributed by atoms with Gasteiger partial charge in [-0.2, -0.15) is 0 Å². The minimum absolute atomic E-state index is 0.00401. The third-order valence-corrected chi connectivity index (χ3v) is 5.53. The second-order valence-corrected chi connectivity index (χ2v) is 8.28. The summed E-state index contributed by atoms with van der Waals surface area (Å²) in [6.45, 7) is 1.78. The zero-order valence-electron chi connectivity index (χ0n) is 14.3. The van der Waals surface area contributed by atoms with Crippen LogP contribution in [0.5, 0.6) is 0 Å². The summed E-state index contributed by atoms with van der Waals surface area (Å²) in [5.41, 5.74) is 0.698. The van der Waals surface area contributed by atoms with Gasteiger partial charge >= 0.3 is 0 Å². The van der Waals surface area contributed by atoms with Gasteiger partial charge in [-0.15, -0.1) is 0 Å². The first-order valence-corrected chi connectivity index (χ1v) is 9.80. The molecule has 0 heterocycles. The summed E-state index contributed by atoms with van der Waals surface area (Å²) in [5, 5.41) is 10.8. The predicted octanol–water partition coefficient (Wildman–Crippen LogP) is 3.48. The summed E-state index contributed by atoms with van der Waals surface area (Å²) in [4.78, 5) is 24.5. The summed E-state index contributed by atoms with van der Waals surface area (Å²) in [6, 6.07) is 9.56. The van der Waals surface area contributed by atoms with E-state index >= 15 is 0 Å². The number of hydrogen-bond donors (Lipinski definition) is 0.